The lowest BCUT2D eigenvalue weighted by Crippen LogP contribution is -2.33. The lowest BCUT2D eigenvalue weighted by molar-refractivity contribution is -0.0286. The van der Waals surface area contributed by atoms with E-state index in [1.165, 1.54) is 16.8 Å². The molecule has 4 unspecified atom stereocenters. The van der Waals surface area contributed by atoms with Gasteiger partial charge in [0.25, 0.3) is 5.56 Å². The smallest absolute Gasteiger partial charge is 0.330 e. The Kier molecular flexibility index (Phi) is 8.65. The SMILES string of the molecule is CC1CC(COPO)OC1n1ccc(=O)[nH]c1=O.COC(C)C. The second-order valence-corrected chi connectivity index (χ2v) is 6.04. The van der Waals surface area contributed by atoms with Crippen LogP contribution in [0.3, 0.4) is 0 Å². The molecule has 0 saturated carbocycles. The Morgan fingerprint density at radius 2 is 2.17 bits per heavy atom. The van der Waals surface area contributed by atoms with Crippen molar-refractivity contribution in [2.75, 3.05) is 13.7 Å². The van der Waals surface area contributed by atoms with Crippen molar-refractivity contribution in [2.45, 2.75) is 45.6 Å². The van der Waals surface area contributed by atoms with Gasteiger partial charge in [0.05, 0.1) is 18.8 Å². The molecule has 2 rings (SSSR count). The van der Waals surface area contributed by atoms with Crippen LogP contribution >= 0.6 is 9.03 Å². The van der Waals surface area contributed by atoms with Crippen molar-refractivity contribution >= 4 is 9.03 Å². The molecule has 1 aliphatic rings. The lowest BCUT2D eigenvalue weighted by atomic mass is 10.1. The van der Waals surface area contributed by atoms with Crippen LogP contribution in [0.25, 0.3) is 0 Å². The summed E-state index contributed by atoms with van der Waals surface area (Å²) in [4.78, 5) is 33.4. The zero-order chi connectivity index (χ0) is 17.4. The number of nitrogens with one attached hydrogen (secondary N) is 1. The van der Waals surface area contributed by atoms with Gasteiger partial charge in [-0.2, -0.15) is 0 Å². The number of H-pyrrole nitrogens is 1. The summed E-state index contributed by atoms with van der Waals surface area (Å²) in [7, 11) is 1.13. The van der Waals surface area contributed by atoms with Crippen molar-refractivity contribution in [2.24, 2.45) is 5.92 Å². The summed E-state index contributed by atoms with van der Waals surface area (Å²) < 4.78 is 16.7. The van der Waals surface area contributed by atoms with E-state index in [2.05, 4.69) is 4.98 Å². The first-order chi connectivity index (χ1) is 10.9. The maximum absolute atomic E-state index is 11.7. The molecule has 8 nitrogen and oxygen atoms in total. The minimum absolute atomic E-state index is 0.129. The molecule has 1 aliphatic heterocycles. The largest absolute Gasteiger partial charge is 0.382 e. The lowest BCUT2D eigenvalue weighted by Gasteiger charge is -2.17. The fourth-order valence-electron chi connectivity index (χ4n) is 2.12. The highest BCUT2D eigenvalue weighted by Gasteiger charge is 2.34. The Morgan fingerprint density at radius 1 is 1.52 bits per heavy atom. The molecule has 2 N–H and O–H groups in total. The second-order valence-electron chi connectivity index (χ2n) is 5.57. The summed E-state index contributed by atoms with van der Waals surface area (Å²) in [5.41, 5.74) is -0.909. The van der Waals surface area contributed by atoms with Crippen LogP contribution in [-0.2, 0) is 14.0 Å². The average molecular weight is 348 g/mol. The summed E-state index contributed by atoms with van der Waals surface area (Å²) >= 11 is 0. The van der Waals surface area contributed by atoms with Gasteiger partial charge in [-0.3, -0.25) is 14.3 Å². The first-order valence-electron chi connectivity index (χ1n) is 7.39. The van der Waals surface area contributed by atoms with Crippen molar-refractivity contribution in [3.05, 3.63) is 33.1 Å². The fraction of sp³-hybridized carbons (Fsp3) is 0.714. The van der Waals surface area contributed by atoms with E-state index in [0.29, 0.717) is 12.7 Å². The Hall–Kier alpha value is -1.05. The molecule has 1 aromatic heterocycles. The van der Waals surface area contributed by atoms with E-state index >= 15 is 0 Å². The number of aromatic nitrogens is 2. The van der Waals surface area contributed by atoms with Gasteiger partial charge in [0.1, 0.15) is 6.23 Å². The molecule has 1 fully saturated rings. The van der Waals surface area contributed by atoms with Crippen molar-refractivity contribution in [1.82, 2.24) is 9.55 Å². The molecular formula is C14H25N2O6P. The number of methoxy groups -OCH3 is 1. The van der Waals surface area contributed by atoms with Gasteiger partial charge < -0.3 is 18.9 Å². The quantitative estimate of drug-likeness (QED) is 0.770. The molecule has 1 saturated heterocycles. The maximum Gasteiger partial charge on any atom is 0.330 e. The molecular weight excluding hydrogens is 323 g/mol. The van der Waals surface area contributed by atoms with Gasteiger partial charge in [-0.1, -0.05) is 6.92 Å². The molecule has 1 aromatic rings. The van der Waals surface area contributed by atoms with Crippen LogP contribution in [0.15, 0.2) is 21.9 Å². The topological polar surface area (TPSA) is 103 Å². The minimum Gasteiger partial charge on any atom is -0.382 e. The Morgan fingerprint density at radius 3 is 2.70 bits per heavy atom. The van der Waals surface area contributed by atoms with Crippen LogP contribution in [-0.4, -0.2) is 40.4 Å². The number of aromatic amines is 1. The first-order valence-corrected chi connectivity index (χ1v) is 8.25. The van der Waals surface area contributed by atoms with Gasteiger partial charge in [0, 0.05) is 25.3 Å². The summed E-state index contributed by atoms with van der Waals surface area (Å²) in [6, 6.07) is 1.29. The van der Waals surface area contributed by atoms with E-state index in [9.17, 15) is 9.59 Å². The number of hydrogen-bond acceptors (Lipinski definition) is 6. The number of rotatable bonds is 5. The van der Waals surface area contributed by atoms with Crippen LogP contribution in [0, 0.1) is 5.92 Å². The third kappa shape index (κ3) is 6.53. The monoisotopic (exact) mass is 348 g/mol. The summed E-state index contributed by atoms with van der Waals surface area (Å²) in [5, 5.41) is 0. The average Bonchev–Trinajstić information content (AvgIpc) is 2.86. The fourth-order valence-corrected chi connectivity index (χ4v) is 2.38. The van der Waals surface area contributed by atoms with Gasteiger partial charge in [-0.15, -0.1) is 0 Å². The van der Waals surface area contributed by atoms with E-state index in [0.717, 1.165) is 6.42 Å². The van der Waals surface area contributed by atoms with Gasteiger partial charge in [-0.25, -0.2) is 4.79 Å². The Balaban J connectivity index is 0.000000463. The van der Waals surface area contributed by atoms with Gasteiger partial charge >= 0.3 is 5.69 Å². The molecule has 4 atom stereocenters. The van der Waals surface area contributed by atoms with Crippen molar-refractivity contribution in [1.29, 1.82) is 0 Å². The highest BCUT2D eigenvalue weighted by Crippen LogP contribution is 2.33. The number of nitrogens with zero attached hydrogens (tertiary/aromatic N) is 1. The standard InChI is InChI=1S/C10H15N2O5P.C4H10O/c1-6-4-7(5-16-18-15)17-9(6)12-3-2-8(13)11-10(12)14;1-4(2)5-3/h2-3,6-7,9,15,18H,4-5H2,1H3,(H,11,13,14);4H,1-3H3. The predicted octanol–water partition coefficient (Wildman–Crippen LogP) is 1.02. The third-order valence-electron chi connectivity index (χ3n) is 3.38. The number of ether oxygens (including phenoxy) is 2. The Labute approximate surface area is 136 Å². The first kappa shape index (κ1) is 20.0. The third-order valence-corrected chi connectivity index (χ3v) is 3.68. The predicted molar refractivity (Wildman–Crippen MR) is 87.6 cm³/mol. The molecule has 23 heavy (non-hydrogen) atoms. The van der Waals surface area contributed by atoms with E-state index in [1.54, 1.807) is 7.11 Å². The number of hydrogen-bond donors (Lipinski definition) is 2. The van der Waals surface area contributed by atoms with E-state index in [-0.39, 0.29) is 12.0 Å². The highest BCUT2D eigenvalue weighted by atomic mass is 31.1. The van der Waals surface area contributed by atoms with Crippen molar-refractivity contribution in [3.8, 4) is 0 Å². The second kappa shape index (κ2) is 9.95. The molecule has 0 radical (unpaired) electrons. The molecule has 0 aromatic carbocycles. The Bertz CT molecular complexity index is 573. The maximum atomic E-state index is 11.7. The molecule has 0 amide bonds. The van der Waals surface area contributed by atoms with Gasteiger partial charge in [-0.05, 0) is 20.3 Å². The zero-order valence-corrected chi connectivity index (χ0v) is 14.8. The van der Waals surface area contributed by atoms with Crippen molar-refractivity contribution < 1.29 is 18.9 Å². The summed E-state index contributed by atoms with van der Waals surface area (Å²) in [6.07, 6.45) is 1.99. The molecule has 132 valence electrons. The highest BCUT2D eigenvalue weighted by molar-refractivity contribution is 7.24. The molecule has 2 heterocycles. The van der Waals surface area contributed by atoms with E-state index in [1.807, 2.05) is 20.8 Å². The summed E-state index contributed by atoms with van der Waals surface area (Å²) in [6.45, 7) is 6.26. The van der Waals surface area contributed by atoms with Gasteiger partial charge in [0.2, 0.25) is 0 Å². The van der Waals surface area contributed by atoms with Crippen molar-refractivity contribution in [3.63, 3.8) is 0 Å². The molecule has 0 spiro atoms. The van der Waals surface area contributed by atoms with E-state index in [4.69, 9.17) is 18.9 Å². The van der Waals surface area contributed by atoms with Gasteiger partial charge in [0.15, 0.2) is 9.03 Å². The van der Waals surface area contributed by atoms with Crippen LogP contribution in [0.5, 0.6) is 0 Å². The normalized spacial score (nSPS) is 24.2. The molecule has 0 bridgehead atoms. The molecule has 9 heteroatoms. The van der Waals surface area contributed by atoms with Crippen LogP contribution in [0.4, 0.5) is 0 Å². The van der Waals surface area contributed by atoms with Crippen LogP contribution < -0.4 is 11.2 Å². The van der Waals surface area contributed by atoms with Crippen LogP contribution in [0.1, 0.15) is 33.4 Å². The van der Waals surface area contributed by atoms with Crippen LogP contribution in [0.2, 0.25) is 0 Å². The minimum atomic E-state index is -0.565. The summed E-state index contributed by atoms with van der Waals surface area (Å²) in [5.74, 6) is 0.129. The van der Waals surface area contributed by atoms with E-state index < -0.39 is 26.5 Å². The zero-order valence-electron chi connectivity index (χ0n) is 13.8. The molecule has 0 aliphatic carbocycles.